The van der Waals surface area contributed by atoms with Crippen molar-refractivity contribution in [1.29, 1.82) is 0 Å². The number of para-hydroxylation sites is 1. The van der Waals surface area contributed by atoms with Gasteiger partial charge in [-0.3, -0.25) is 14.4 Å². The number of benzene rings is 3. The number of aryl methyl sites for hydroxylation is 1. The van der Waals surface area contributed by atoms with Crippen molar-refractivity contribution in [1.82, 2.24) is 0 Å². The Hall–Kier alpha value is -4.13. The van der Waals surface area contributed by atoms with Crippen LogP contribution < -0.4 is 20.1 Å². The number of hydrogen-bond acceptors (Lipinski definition) is 5. The Morgan fingerprint density at radius 2 is 1.56 bits per heavy atom. The molecule has 2 N–H and O–H groups in total. The van der Waals surface area contributed by atoms with E-state index in [4.69, 9.17) is 9.47 Å². The second-order valence-corrected chi connectivity index (χ2v) is 7.02. The van der Waals surface area contributed by atoms with E-state index in [-0.39, 0.29) is 11.8 Å². The maximum absolute atomic E-state index is 12.6. The van der Waals surface area contributed by atoms with Crippen molar-refractivity contribution in [3.8, 4) is 11.5 Å². The molecular formula is C25H24N2O5. The van der Waals surface area contributed by atoms with E-state index in [2.05, 4.69) is 10.6 Å². The number of hydrogen-bond donors (Lipinski definition) is 2. The van der Waals surface area contributed by atoms with Crippen molar-refractivity contribution in [2.45, 2.75) is 19.8 Å². The van der Waals surface area contributed by atoms with Crippen LogP contribution in [0, 0.1) is 0 Å². The summed E-state index contributed by atoms with van der Waals surface area (Å²) in [6, 6.07) is 20.8. The normalized spacial score (nSPS) is 10.2. The Labute approximate surface area is 186 Å². The quantitative estimate of drug-likeness (QED) is 0.405. The first kappa shape index (κ1) is 22.6. The highest BCUT2D eigenvalue weighted by atomic mass is 16.5. The average Bonchev–Trinajstić information content (AvgIpc) is 2.78. The smallest absolute Gasteiger partial charge is 0.308 e. The Bertz CT molecular complexity index is 1130. The van der Waals surface area contributed by atoms with Crippen LogP contribution in [0.5, 0.6) is 11.5 Å². The standard InChI is InChI=1S/C25H24N2O5/c1-17(28)32-22-11-5-8-19(15-22)25(30)27-21-10-6-9-20(16-21)26-24(29)14-13-18-7-3-4-12-23(18)31-2/h3-12,15-16H,13-14H2,1-2H3,(H,26,29)(H,27,30). The first-order valence-corrected chi connectivity index (χ1v) is 10.1. The summed E-state index contributed by atoms with van der Waals surface area (Å²) in [5, 5.41) is 5.62. The zero-order valence-corrected chi connectivity index (χ0v) is 17.9. The van der Waals surface area contributed by atoms with Gasteiger partial charge in [0, 0.05) is 30.3 Å². The molecule has 32 heavy (non-hydrogen) atoms. The Kier molecular flexibility index (Phi) is 7.59. The van der Waals surface area contributed by atoms with E-state index < -0.39 is 5.97 Å². The highest BCUT2D eigenvalue weighted by Crippen LogP contribution is 2.21. The molecule has 0 aliphatic rings. The largest absolute Gasteiger partial charge is 0.496 e. The molecule has 3 aromatic carbocycles. The molecule has 7 heteroatoms. The third-order valence-electron chi connectivity index (χ3n) is 4.58. The second kappa shape index (κ2) is 10.8. The van der Waals surface area contributed by atoms with Gasteiger partial charge in [0.05, 0.1) is 7.11 Å². The van der Waals surface area contributed by atoms with E-state index in [1.165, 1.54) is 13.0 Å². The van der Waals surface area contributed by atoms with Gasteiger partial charge in [0.25, 0.3) is 5.91 Å². The lowest BCUT2D eigenvalue weighted by molar-refractivity contribution is -0.131. The van der Waals surface area contributed by atoms with Gasteiger partial charge in [-0.2, -0.15) is 0 Å². The van der Waals surface area contributed by atoms with Crippen molar-refractivity contribution in [3.05, 3.63) is 83.9 Å². The van der Waals surface area contributed by atoms with Gasteiger partial charge < -0.3 is 20.1 Å². The van der Waals surface area contributed by atoms with Crippen LogP contribution in [0.3, 0.4) is 0 Å². The lowest BCUT2D eigenvalue weighted by atomic mass is 10.1. The minimum absolute atomic E-state index is 0.145. The fraction of sp³-hybridized carbons (Fsp3) is 0.160. The highest BCUT2D eigenvalue weighted by molar-refractivity contribution is 6.05. The third kappa shape index (κ3) is 6.43. The molecule has 0 saturated carbocycles. The molecule has 164 valence electrons. The fourth-order valence-corrected chi connectivity index (χ4v) is 3.13. The summed E-state index contributed by atoms with van der Waals surface area (Å²) in [5.74, 6) is 0.0767. The number of amides is 2. The summed E-state index contributed by atoms with van der Waals surface area (Å²) in [5.41, 5.74) is 2.40. The minimum Gasteiger partial charge on any atom is -0.496 e. The summed E-state index contributed by atoms with van der Waals surface area (Å²) in [6.07, 6.45) is 0.838. The van der Waals surface area contributed by atoms with E-state index >= 15 is 0 Å². The number of rotatable bonds is 8. The van der Waals surface area contributed by atoms with Crippen LogP contribution in [0.2, 0.25) is 0 Å². The van der Waals surface area contributed by atoms with Crippen LogP contribution in [0.25, 0.3) is 0 Å². The first-order chi connectivity index (χ1) is 15.4. The first-order valence-electron chi connectivity index (χ1n) is 10.1. The van der Waals surface area contributed by atoms with Crippen molar-refractivity contribution in [3.63, 3.8) is 0 Å². The van der Waals surface area contributed by atoms with E-state index in [1.54, 1.807) is 49.6 Å². The maximum Gasteiger partial charge on any atom is 0.308 e. The number of ether oxygens (including phenoxy) is 2. The van der Waals surface area contributed by atoms with Gasteiger partial charge in [-0.05, 0) is 54.4 Å². The van der Waals surface area contributed by atoms with Crippen LogP contribution in [0.4, 0.5) is 11.4 Å². The van der Waals surface area contributed by atoms with E-state index in [0.717, 1.165) is 11.3 Å². The zero-order chi connectivity index (χ0) is 22.9. The summed E-state index contributed by atoms with van der Waals surface area (Å²) >= 11 is 0. The molecule has 0 unspecified atom stereocenters. The van der Waals surface area contributed by atoms with E-state index in [1.807, 2.05) is 24.3 Å². The maximum atomic E-state index is 12.6. The van der Waals surface area contributed by atoms with Crippen molar-refractivity contribution < 1.29 is 23.9 Å². The molecule has 0 aliphatic heterocycles. The molecular weight excluding hydrogens is 408 g/mol. The number of carbonyl (C=O) groups is 3. The van der Waals surface area contributed by atoms with Crippen molar-refractivity contribution >= 4 is 29.2 Å². The summed E-state index contributed by atoms with van der Waals surface area (Å²) in [6.45, 7) is 1.29. The predicted octanol–water partition coefficient (Wildman–Crippen LogP) is 4.44. The molecule has 0 atom stereocenters. The van der Waals surface area contributed by atoms with Gasteiger partial charge in [0.2, 0.25) is 5.91 Å². The van der Waals surface area contributed by atoms with Gasteiger partial charge >= 0.3 is 5.97 Å². The third-order valence-corrected chi connectivity index (χ3v) is 4.58. The lowest BCUT2D eigenvalue weighted by Gasteiger charge is -2.10. The lowest BCUT2D eigenvalue weighted by Crippen LogP contribution is -2.14. The molecule has 0 spiro atoms. The van der Waals surface area contributed by atoms with Crippen LogP contribution >= 0.6 is 0 Å². The molecule has 0 bridgehead atoms. The number of carbonyl (C=O) groups excluding carboxylic acids is 3. The summed E-state index contributed by atoms with van der Waals surface area (Å²) < 4.78 is 10.3. The summed E-state index contributed by atoms with van der Waals surface area (Å²) in [4.78, 5) is 36.0. The molecule has 0 aliphatic carbocycles. The van der Waals surface area contributed by atoms with Crippen LogP contribution in [-0.2, 0) is 16.0 Å². The molecule has 0 saturated heterocycles. The predicted molar refractivity (Wildman–Crippen MR) is 122 cm³/mol. The molecule has 2 amide bonds. The Balaban J connectivity index is 1.59. The SMILES string of the molecule is COc1ccccc1CCC(=O)Nc1cccc(NC(=O)c2cccc(OC(C)=O)c2)c1. The average molecular weight is 432 g/mol. The zero-order valence-electron chi connectivity index (χ0n) is 17.9. The molecule has 0 fully saturated rings. The molecule has 7 nitrogen and oxygen atoms in total. The fourth-order valence-electron chi connectivity index (χ4n) is 3.13. The van der Waals surface area contributed by atoms with Gasteiger partial charge in [0.1, 0.15) is 11.5 Å². The Morgan fingerprint density at radius 3 is 2.31 bits per heavy atom. The van der Waals surface area contributed by atoms with Crippen molar-refractivity contribution in [2.75, 3.05) is 17.7 Å². The monoisotopic (exact) mass is 432 g/mol. The van der Waals surface area contributed by atoms with Crippen molar-refractivity contribution in [2.24, 2.45) is 0 Å². The number of methoxy groups -OCH3 is 1. The minimum atomic E-state index is -0.461. The molecule has 3 rings (SSSR count). The van der Waals surface area contributed by atoms with E-state index in [9.17, 15) is 14.4 Å². The van der Waals surface area contributed by atoms with Crippen LogP contribution in [0.1, 0.15) is 29.3 Å². The molecule has 0 heterocycles. The number of anilines is 2. The second-order valence-electron chi connectivity index (χ2n) is 7.02. The molecule has 3 aromatic rings. The van der Waals surface area contributed by atoms with Gasteiger partial charge in [-0.15, -0.1) is 0 Å². The van der Waals surface area contributed by atoms with Crippen LogP contribution in [-0.4, -0.2) is 24.9 Å². The molecule has 0 aromatic heterocycles. The van der Waals surface area contributed by atoms with E-state index in [0.29, 0.717) is 35.5 Å². The van der Waals surface area contributed by atoms with Gasteiger partial charge in [-0.25, -0.2) is 0 Å². The highest BCUT2D eigenvalue weighted by Gasteiger charge is 2.10. The topological polar surface area (TPSA) is 93.7 Å². The molecule has 0 radical (unpaired) electrons. The number of nitrogens with one attached hydrogen (secondary N) is 2. The Morgan fingerprint density at radius 1 is 0.844 bits per heavy atom. The van der Waals surface area contributed by atoms with Gasteiger partial charge in [-0.1, -0.05) is 30.3 Å². The van der Waals surface area contributed by atoms with Gasteiger partial charge in [0.15, 0.2) is 0 Å². The number of esters is 1. The summed E-state index contributed by atoms with van der Waals surface area (Å²) in [7, 11) is 1.60. The van der Waals surface area contributed by atoms with Crippen LogP contribution in [0.15, 0.2) is 72.8 Å².